The van der Waals surface area contributed by atoms with Crippen LogP contribution >= 0.6 is 0 Å². The molecule has 8 rings (SSSR count). The Bertz CT molecular complexity index is 1960. The molecule has 3 atom stereocenters. The maximum Gasteiger partial charge on any atom is 0.408 e. The molecule has 4 fully saturated rings. The minimum absolute atomic E-state index is 0.0120. The van der Waals surface area contributed by atoms with Gasteiger partial charge in [-0.1, -0.05) is 48.5 Å². The summed E-state index contributed by atoms with van der Waals surface area (Å²) in [5.74, 6) is 1.57. The van der Waals surface area contributed by atoms with Crippen LogP contribution in [0.3, 0.4) is 0 Å². The number of carbonyl (C=O) groups is 2. The average Bonchev–Trinajstić information content (AvgIpc) is 3.21. The van der Waals surface area contributed by atoms with E-state index in [0.717, 1.165) is 75.0 Å². The predicted molar refractivity (Wildman–Crippen MR) is 210 cm³/mol. The first kappa shape index (κ1) is 38.4. The number of amides is 2. The molecule has 2 bridgehead atoms. The van der Waals surface area contributed by atoms with Gasteiger partial charge in [0.15, 0.2) is 0 Å². The number of hydrogen-bond donors (Lipinski definition) is 6. The Morgan fingerprint density at radius 1 is 0.891 bits per heavy atom. The Hall–Kier alpha value is -4.91. The van der Waals surface area contributed by atoms with Crippen LogP contribution in [0.4, 0.5) is 4.79 Å². The highest BCUT2D eigenvalue weighted by Gasteiger charge is 2.37. The second-order valence-corrected chi connectivity index (χ2v) is 15.3. The maximum atomic E-state index is 13.2. The first-order valence-electron chi connectivity index (χ1n) is 19.8. The van der Waals surface area contributed by atoms with Crippen molar-refractivity contribution in [1.82, 2.24) is 25.8 Å². The zero-order valence-electron chi connectivity index (χ0n) is 31.3. The monoisotopic (exact) mass is 751 g/mol. The number of H-pyrrole nitrogens is 1. The first-order valence-corrected chi connectivity index (χ1v) is 19.8. The second-order valence-electron chi connectivity index (χ2n) is 15.3. The standard InChI is InChI=1S/C43H53N5O7/c49-36-16-14-34(35-15-17-39(51)46-41(35)36)37(50)25-44-20-5-21-45-42(52)31-12-10-28(11-13-31)27-54-33-9-4-8-32(24-33)40(30-6-2-1-3-7-30)47-43(53)55-38-26-48-22-18-29(38)19-23-48/h1-4,6-9,14-17,24,28-29,31,37-38,40,44,49-50H,5,10-13,18-23,25-27H2,(H,45,52)(H,46,51)(H,47,53)/t28?,31?,37-,38-,40-/m0/s1. The Kier molecular flexibility index (Phi) is 12.7. The van der Waals surface area contributed by atoms with E-state index in [1.165, 1.54) is 12.1 Å². The van der Waals surface area contributed by atoms with E-state index in [1.54, 1.807) is 12.1 Å². The lowest BCUT2D eigenvalue weighted by Gasteiger charge is -2.43. The summed E-state index contributed by atoms with van der Waals surface area (Å²) < 4.78 is 12.3. The molecular weight excluding hydrogens is 699 g/mol. The third kappa shape index (κ3) is 9.86. The maximum absolute atomic E-state index is 13.2. The van der Waals surface area contributed by atoms with E-state index in [9.17, 15) is 24.6 Å². The van der Waals surface area contributed by atoms with E-state index in [0.29, 0.717) is 61.0 Å². The number of aliphatic hydroxyl groups excluding tert-OH is 1. The quantitative estimate of drug-likeness (QED) is 0.0901. The van der Waals surface area contributed by atoms with Crippen LogP contribution in [0.15, 0.2) is 83.7 Å². The molecule has 4 aromatic rings. The number of benzene rings is 3. The fourth-order valence-electron chi connectivity index (χ4n) is 8.40. The minimum Gasteiger partial charge on any atom is -0.506 e. The fourth-order valence-corrected chi connectivity index (χ4v) is 8.40. The molecule has 55 heavy (non-hydrogen) atoms. The molecule has 3 aliphatic heterocycles. The van der Waals surface area contributed by atoms with Crippen LogP contribution in [0, 0.1) is 17.8 Å². The molecule has 1 aromatic heterocycles. The highest BCUT2D eigenvalue weighted by molar-refractivity contribution is 5.87. The van der Waals surface area contributed by atoms with Gasteiger partial charge in [-0.05, 0) is 117 Å². The molecule has 1 saturated carbocycles. The van der Waals surface area contributed by atoms with Crippen molar-refractivity contribution >= 4 is 22.9 Å². The molecule has 12 nitrogen and oxygen atoms in total. The van der Waals surface area contributed by atoms with Gasteiger partial charge in [-0.15, -0.1) is 0 Å². The zero-order chi connectivity index (χ0) is 38.1. The number of nitrogens with one attached hydrogen (secondary N) is 4. The summed E-state index contributed by atoms with van der Waals surface area (Å²) in [6, 6.07) is 23.6. The number of rotatable bonds is 15. The molecular formula is C43H53N5O7. The molecule has 4 heterocycles. The van der Waals surface area contributed by atoms with E-state index in [1.807, 2.05) is 54.6 Å². The van der Waals surface area contributed by atoms with Crippen molar-refractivity contribution in [1.29, 1.82) is 0 Å². The summed E-state index contributed by atoms with van der Waals surface area (Å²) >= 11 is 0. The number of aromatic amines is 1. The van der Waals surface area contributed by atoms with Gasteiger partial charge in [0.05, 0.1) is 24.3 Å². The van der Waals surface area contributed by atoms with E-state index >= 15 is 0 Å². The van der Waals surface area contributed by atoms with Crippen LogP contribution in [0.1, 0.15) is 73.8 Å². The van der Waals surface area contributed by atoms with Gasteiger partial charge in [0.2, 0.25) is 11.5 Å². The van der Waals surface area contributed by atoms with Crippen molar-refractivity contribution in [3.05, 3.63) is 106 Å². The van der Waals surface area contributed by atoms with Crippen LogP contribution in [0.5, 0.6) is 11.5 Å². The highest BCUT2D eigenvalue weighted by atomic mass is 16.6. The van der Waals surface area contributed by atoms with Crippen LogP contribution < -0.4 is 26.2 Å². The lowest BCUT2D eigenvalue weighted by atomic mass is 9.82. The van der Waals surface area contributed by atoms with Gasteiger partial charge >= 0.3 is 6.09 Å². The lowest BCUT2D eigenvalue weighted by molar-refractivity contribution is -0.126. The molecule has 4 aliphatic rings. The van der Waals surface area contributed by atoms with E-state index in [2.05, 4.69) is 25.8 Å². The number of phenols is 1. The van der Waals surface area contributed by atoms with Gasteiger partial charge < -0.3 is 40.6 Å². The van der Waals surface area contributed by atoms with Gasteiger partial charge in [-0.25, -0.2) is 4.79 Å². The van der Waals surface area contributed by atoms with Gasteiger partial charge in [0.1, 0.15) is 17.6 Å². The van der Waals surface area contributed by atoms with E-state index in [4.69, 9.17) is 9.47 Å². The smallest absolute Gasteiger partial charge is 0.408 e. The van der Waals surface area contributed by atoms with Gasteiger partial charge in [0, 0.05) is 37.0 Å². The highest BCUT2D eigenvalue weighted by Crippen LogP contribution is 2.33. The fraction of sp³-hybridized carbons (Fsp3) is 0.465. The molecule has 0 radical (unpaired) electrons. The number of aromatic nitrogens is 1. The lowest BCUT2D eigenvalue weighted by Crippen LogP contribution is -2.52. The van der Waals surface area contributed by atoms with Gasteiger partial charge in [0.25, 0.3) is 0 Å². The number of carbonyl (C=O) groups excluding carboxylic acids is 2. The minimum atomic E-state index is -0.829. The Morgan fingerprint density at radius 3 is 2.44 bits per heavy atom. The normalized spacial score (nSPS) is 23.1. The number of pyridine rings is 1. The molecule has 12 heteroatoms. The van der Waals surface area contributed by atoms with Crippen LogP contribution in [-0.4, -0.2) is 84.1 Å². The number of ether oxygens (including phenoxy) is 2. The van der Waals surface area contributed by atoms with Crippen molar-refractivity contribution in [2.24, 2.45) is 17.8 Å². The van der Waals surface area contributed by atoms with Crippen molar-refractivity contribution in [3.8, 4) is 11.5 Å². The predicted octanol–water partition coefficient (Wildman–Crippen LogP) is 5.16. The summed E-state index contributed by atoms with van der Waals surface area (Å²) in [7, 11) is 0. The summed E-state index contributed by atoms with van der Waals surface area (Å²) in [5, 5.41) is 30.9. The third-order valence-electron chi connectivity index (χ3n) is 11.6. The van der Waals surface area contributed by atoms with Crippen molar-refractivity contribution in [3.63, 3.8) is 0 Å². The molecule has 3 aromatic carbocycles. The van der Waals surface area contributed by atoms with Crippen LogP contribution in [-0.2, 0) is 9.53 Å². The van der Waals surface area contributed by atoms with Crippen molar-refractivity contribution in [2.75, 3.05) is 45.9 Å². The summed E-state index contributed by atoms with van der Waals surface area (Å²) in [6.45, 7) is 5.01. The third-order valence-corrected chi connectivity index (χ3v) is 11.6. The molecule has 6 N–H and O–H groups in total. The summed E-state index contributed by atoms with van der Waals surface area (Å²) in [4.78, 5) is 42.8. The molecule has 1 aliphatic carbocycles. The van der Waals surface area contributed by atoms with Crippen LogP contribution in [0.25, 0.3) is 10.9 Å². The Morgan fingerprint density at radius 2 is 1.67 bits per heavy atom. The average molecular weight is 752 g/mol. The number of fused-ring (bicyclic) bond motifs is 4. The van der Waals surface area contributed by atoms with Crippen LogP contribution in [0.2, 0.25) is 0 Å². The second kappa shape index (κ2) is 18.1. The number of aromatic hydroxyl groups is 1. The zero-order valence-corrected chi connectivity index (χ0v) is 31.3. The summed E-state index contributed by atoms with van der Waals surface area (Å²) in [5.41, 5.74) is 2.49. The van der Waals surface area contributed by atoms with Gasteiger partial charge in [-0.3, -0.25) is 14.5 Å². The van der Waals surface area contributed by atoms with Crippen molar-refractivity contribution in [2.45, 2.75) is 63.2 Å². The number of piperidine rings is 3. The SMILES string of the molecule is O=C(N[C@@H](c1ccccc1)c1cccc(OCC2CCC(C(=O)NCCCNC[C@H](O)c3ccc(O)c4[nH]c(=O)ccc34)CC2)c1)O[C@H]1CN2CCC1CC2. The Balaban J connectivity index is 0.821. The molecule has 292 valence electrons. The number of nitrogens with zero attached hydrogens (tertiary/aromatic N) is 1. The summed E-state index contributed by atoms with van der Waals surface area (Å²) in [6.07, 6.45) is 5.04. The number of phenolic OH excluding ortho intramolecular Hbond substituents is 1. The van der Waals surface area contributed by atoms with Gasteiger partial charge in [-0.2, -0.15) is 0 Å². The molecule has 0 unspecified atom stereocenters. The van der Waals surface area contributed by atoms with E-state index in [-0.39, 0.29) is 35.3 Å². The number of aliphatic hydroxyl groups is 1. The van der Waals surface area contributed by atoms with E-state index < -0.39 is 12.2 Å². The largest absolute Gasteiger partial charge is 0.506 e. The van der Waals surface area contributed by atoms with Crippen molar-refractivity contribution < 1.29 is 29.3 Å². The number of hydrogen-bond acceptors (Lipinski definition) is 9. The topological polar surface area (TPSA) is 165 Å². The number of alkyl carbamates (subject to hydrolysis) is 1. The molecule has 0 spiro atoms. The first-order chi connectivity index (χ1) is 26.8. The molecule has 2 amide bonds. The Labute approximate surface area is 321 Å². The molecule has 3 saturated heterocycles.